The molecule has 0 aliphatic carbocycles. The van der Waals surface area contributed by atoms with Crippen LogP contribution in [0, 0.1) is 6.92 Å². The number of carbonyl (C=O) groups is 2. The van der Waals surface area contributed by atoms with Crippen molar-refractivity contribution in [3.63, 3.8) is 0 Å². The van der Waals surface area contributed by atoms with Gasteiger partial charge in [-0.1, -0.05) is 42.5 Å². The number of pyridine rings is 1. The van der Waals surface area contributed by atoms with E-state index in [2.05, 4.69) is 15.4 Å². The number of anilines is 1. The third kappa shape index (κ3) is 4.75. The summed E-state index contributed by atoms with van der Waals surface area (Å²) < 4.78 is 25.3. The Morgan fingerprint density at radius 3 is 2.26 bits per heavy atom. The molecule has 190 valence electrons. The standard InChI is InChI=1S/C27H22N6O4S/c1-16-12-23(33(32-16)22-14-18-7-3-2-6-17(18)13-21(22)26(28)34)27(35)31-25-11-10-19(15-30-25)20-8-4-5-9-24(20)38(29,36)37/h2-15H,1H3,(H2,28,34)(H2,29,36,37)(H,30,31,35). The van der Waals surface area contributed by atoms with E-state index < -0.39 is 21.8 Å². The van der Waals surface area contributed by atoms with Gasteiger partial charge in [-0.05, 0) is 54.1 Å². The van der Waals surface area contributed by atoms with E-state index in [-0.39, 0.29) is 22.0 Å². The summed E-state index contributed by atoms with van der Waals surface area (Å²) in [7, 11) is -3.94. The summed E-state index contributed by atoms with van der Waals surface area (Å²) >= 11 is 0. The van der Waals surface area contributed by atoms with Crippen LogP contribution in [0.4, 0.5) is 5.82 Å². The van der Waals surface area contributed by atoms with Crippen LogP contribution >= 0.6 is 0 Å². The minimum absolute atomic E-state index is 0.0291. The summed E-state index contributed by atoms with van der Waals surface area (Å²) in [6, 6.07) is 22.0. The number of amides is 2. The first-order valence-corrected chi connectivity index (χ1v) is 13.0. The zero-order valence-electron chi connectivity index (χ0n) is 20.1. The second kappa shape index (κ2) is 9.54. The van der Waals surface area contributed by atoms with E-state index in [0.717, 1.165) is 10.8 Å². The molecular formula is C27H22N6O4S. The van der Waals surface area contributed by atoms with Gasteiger partial charge in [0.15, 0.2) is 0 Å². The fourth-order valence-corrected chi connectivity index (χ4v) is 4.97. The average Bonchev–Trinajstić information content (AvgIpc) is 3.29. The van der Waals surface area contributed by atoms with E-state index in [4.69, 9.17) is 10.9 Å². The number of aromatic nitrogens is 3. The molecule has 3 aromatic carbocycles. The molecule has 0 aliphatic heterocycles. The first-order valence-electron chi connectivity index (χ1n) is 11.4. The van der Waals surface area contributed by atoms with Gasteiger partial charge in [-0.2, -0.15) is 5.10 Å². The lowest BCUT2D eigenvalue weighted by molar-refractivity contribution is 0.0993. The van der Waals surface area contributed by atoms with Crippen LogP contribution in [-0.4, -0.2) is 35.0 Å². The molecule has 0 unspecified atom stereocenters. The quantitative estimate of drug-likeness (QED) is 0.307. The first kappa shape index (κ1) is 24.8. The number of primary amides is 1. The zero-order valence-corrected chi connectivity index (χ0v) is 20.9. The summed E-state index contributed by atoms with van der Waals surface area (Å²) in [5.41, 5.74) is 7.89. The molecule has 0 saturated heterocycles. The van der Waals surface area contributed by atoms with Crippen molar-refractivity contribution in [1.29, 1.82) is 0 Å². The molecular weight excluding hydrogens is 504 g/mol. The highest BCUT2D eigenvalue weighted by molar-refractivity contribution is 7.89. The van der Waals surface area contributed by atoms with Crippen LogP contribution in [0.25, 0.3) is 27.6 Å². The van der Waals surface area contributed by atoms with Crippen molar-refractivity contribution in [2.45, 2.75) is 11.8 Å². The molecule has 5 rings (SSSR count). The van der Waals surface area contributed by atoms with Gasteiger partial charge in [-0.15, -0.1) is 0 Å². The van der Waals surface area contributed by atoms with Crippen molar-refractivity contribution in [2.24, 2.45) is 10.9 Å². The molecule has 2 heterocycles. The number of aryl methyl sites for hydroxylation is 1. The molecule has 0 fully saturated rings. The molecule has 0 radical (unpaired) electrons. The minimum Gasteiger partial charge on any atom is -0.366 e. The fourth-order valence-electron chi connectivity index (χ4n) is 4.21. The molecule has 38 heavy (non-hydrogen) atoms. The van der Waals surface area contributed by atoms with Crippen LogP contribution in [0.1, 0.15) is 26.5 Å². The summed E-state index contributed by atoms with van der Waals surface area (Å²) in [5.74, 6) is -0.937. The third-order valence-corrected chi connectivity index (χ3v) is 6.90. The number of hydrogen-bond acceptors (Lipinski definition) is 6. The highest BCUT2D eigenvalue weighted by Gasteiger charge is 2.21. The molecule has 0 aliphatic rings. The van der Waals surface area contributed by atoms with Crippen molar-refractivity contribution in [3.8, 4) is 16.8 Å². The lowest BCUT2D eigenvalue weighted by Crippen LogP contribution is -2.20. The largest absolute Gasteiger partial charge is 0.366 e. The maximum atomic E-state index is 13.3. The van der Waals surface area contributed by atoms with E-state index in [1.54, 1.807) is 55.5 Å². The average molecular weight is 527 g/mol. The van der Waals surface area contributed by atoms with Crippen molar-refractivity contribution >= 4 is 38.4 Å². The topological polar surface area (TPSA) is 163 Å². The first-order chi connectivity index (χ1) is 18.1. The number of nitrogens with zero attached hydrogens (tertiary/aromatic N) is 3. The van der Waals surface area contributed by atoms with E-state index in [0.29, 0.717) is 22.5 Å². The Morgan fingerprint density at radius 1 is 0.921 bits per heavy atom. The molecule has 5 aromatic rings. The van der Waals surface area contributed by atoms with E-state index in [9.17, 15) is 18.0 Å². The van der Waals surface area contributed by atoms with Crippen LogP contribution in [0.15, 0.2) is 90.0 Å². The van der Waals surface area contributed by atoms with Crippen molar-refractivity contribution in [3.05, 3.63) is 102 Å². The van der Waals surface area contributed by atoms with Gasteiger partial charge in [-0.3, -0.25) is 9.59 Å². The Morgan fingerprint density at radius 2 is 1.61 bits per heavy atom. The summed E-state index contributed by atoms with van der Waals surface area (Å²) in [6.07, 6.45) is 1.44. The number of benzene rings is 3. The summed E-state index contributed by atoms with van der Waals surface area (Å²) in [5, 5.41) is 14.2. The number of nitrogens with two attached hydrogens (primary N) is 2. The molecule has 0 saturated carbocycles. The van der Waals surface area contributed by atoms with Crippen molar-refractivity contribution in [2.75, 3.05) is 5.32 Å². The van der Waals surface area contributed by atoms with Gasteiger partial charge in [0.05, 0.1) is 21.8 Å². The van der Waals surface area contributed by atoms with Gasteiger partial charge < -0.3 is 11.1 Å². The van der Waals surface area contributed by atoms with E-state index >= 15 is 0 Å². The van der Waals surface area contributed by atoms with E-state index in [1.807, 2.05) is 24.3 Å². The number of fused-ring (bicyclic) bond motifs is 1. The van der Waals surface area contributed by atoms with Crippen molar-refractivity contribution in [1.82, 2.24) is 14.8 Å². The molecule has 2 amide bonds. The Labute approximate surface area is 218 Å². The monoisotopic (exact) mass is 526 g/mol. The van der Waals surface area contributed by atoms with Gasteiger partial charge in [0.1, 0.15) is 11.5 Å². The fraction of sp³-hybridized carbons (Fsp3) is 0.0370. The summed E-state index contributed by atoms with van der Waals surface area (Å²) in [6.45, 7) is 1.73. The van der Waals surface area contributed by atoms with Crippen LogP contribution in [0.5, 0.6) is 0 Å². The molecule has 10 nitrogen and oxygen atoms in total. The number of sulfonamides is 1. The smallest absolute Gasteiger partial charge is 0.275 e. The minimum atomic E-state index is -3.94. The number of carbonyl (C=O) groups excluding carboxylic acids is 2. The van der Waals surface area contributed by atoms with E-state index in [1.165, 1.54) is 16.9 Å². The number of hydrogen-bond donors (Lipinski definition) is 3. The summed E-state index contributed by atoms with van der Waals surface area (Å²) in [4.78, 5) is 29.8. The van der Waals surface area contributed by atoms with Crippen LogP contribution < -0.4 is 16.2 Å². The molecule has 11 heteroatoms. The Balaban J connectivity index is 1.49. The highest BCUT2D eigenvalue weighted by atomic mass is 32.2. The maximum absolute atomic E-state index is 13.3. The lowest BCUT2D eigenvalue weighted by atomic mass is 10.0. The number of rotatable bonds is 6. The third-order valence-electron chi connectivity index (χ3n) is 5.93. The number of nitrogens with one attached hydrogen (secondary N) is 1. The van der Waals surface area contributed by atoms with Crippen LogP contribution in [-0.2, 0) is 10.0 Å². The van der Waals surface area contributed by atoms with Gasteiger partial charge in [-0.25, -0.2) is 23.2 Å². The molecule has 2 aromatic heterocycles. The molecule has 0 spiro atoms. The maximum Gasteiger partial charge on any atom is 0.275 e. The second-order valence-electron chi connectivity index (χ2n) is 8.59. The van der Waals surface area contributed by atoms with Crippen LogP contribution in [0.3, 0.4) is 0 Å². The highest BCUT2D eigenvalue weighted by Crippen LogP contribution is 2.27. The second-order valence-corrected chi connectivity index (χ2v) is 10.1. The Hall–Kier alpha value is -4.87. The van der Waals surface area contributed by atoms with Gasteiger partial charge in [0.25, 0.3) is 11.8 Å². The Kier molecular flexibility index (Phi) is 6.23. The van der Waals surface area contributed by atoms with Crippen LogP contribution in [0.2, 0.25) is 0 Å². The predicted molar refractivity (Wildman–Crippen MR) is 143 cm³/mol. The van der Waals surface area contributed by atoms with Gasteiger partial charge >= 0.3 is 0 Å². The zero-order chi connectivity index (χ0) is 27.0. The normalized spacial score (nSPS) is 11.4. The predicted octanol–water partition coefficient (Wildman–Crippen LogP) is 3.39. The molecule has 5 N–H and O–H groups in total. The SMILES string of the molecule is Cc1cc(C(=O)Nc2ccc(-c3ccccc3S(N)(=O)=O)cn2)n(-c2cc3ccccc3cc2C(N)=O)n1. The van der Waals surface area contributed by atoms with Gasteiger partial charge in [0.2, 0.25) is 10.0 Å². The Bertz CT molecular complexity index is 1830. The lowest BCUT2D eigenvalue weighted by Gasteiger charge is -2.13. The van der Waals surface area contributed by atoms with Gasteiger partial charge in [0, 0.05) is 17.3 Å². The molecule has 0 atom stereocenters. The number of primary sulfonamides is 1. The van der Waals surface area contributed by atoms with Crippen molar-refractivity contribution < 1.29 is 18.0 Å². The molecule has 0 bridgehead atoms.